The van der Waals surface area contributed by atoms with Gasteiger partial charge in [0.05, 0.1) is 12.2 Å². The lowest BCUT2D eigenvalue weighted by Crippen LogP contribution is -2.59. The van der Waals surface area contributed by atoms with Crippen molar-refractivity contribution in [3.63, 3.8) is 0 Å². The number of aliphatic hydroxyl groups excluding tert-OH is 3. The predicted octanol–water partition coefficient (Wildman–Crippen LogP) is 3.65. The maximum atomic E-state index is 14.0. The maximum Gasteiger partial charge on any atom is 0.416 e. The van der Waals surface area contributed by atoms with Crippen molar-refractivity contribution < 1.29 is 42.0 Å². The lowest BCUT2D eigenvalue weighted by Gasteiger charge is -2.42. The molecule has 0 aliphatic carbocycles. The molecule has 2 aromatic carbocycles. The Hall–Kier alpha value is -2.07. The number of aryl methyl sites for hydroxylation is 1. The van der Waals surface area contributed by atoms with Gasteiger partial charge < -0.3 is 20.1 Å². The molecule has 0 spiro atoms. The molecular weight excluding hydrogens is 423 g/mol. The van der Waals surface area contributed by atoms with E-state index in [0.29, 0.717) is 5.56 Å². The molecule has 2 aromatic rings. The van der Waals surface area contributed by atoms with E-state index in [4.69, 9.17) is 4.74 Å². The summed E-state index contributed by atoms with van der Waals surface area (Å²) in [7, 11) is 0. The van der Waals surface area contributed by atoms with E-state index in [1.54, 1.807) is 12.1 Å². The Balaban J connectivity index is 1.99. The Kier molecular flexibility index (Phi) is 6.71. The largest absolute Gasteiger partial charge is 0.416 e. The Labute approximate surface area is 175 Å². The van der Waals surface area contributed by atoms with E-state index in [1.165, 1.54) is 0 Å². The van der Waals surface area contributed by atoms with Crippen LogP contribution in [0.15, 0.2) is 42.5 Å². The molecule has 170 valence electrons. The molecule has 0 radical (unpaired) electrons. The molecule has 0 aromatic heterocycles. The van der Waals surface area contributed by atoms with E-state index >= 15 is 0 Å². The fourth-order valence-electron chi connectivity index (χ4n) is 3.70. The van der Waals surface area contributed by atoms with Gasteiger partial charge in [0.1, 0.15) is 24.4 Å². The molecule has 0 saturated carbocycles. The lowest BCUT2D eigenvalue weighted by atomic mass is 9.88. The zero-order valence-electron chi connectivity index (χ0n) is 16.6. The zero-order chi connectivity index (χ0) is 23.0. The van der Waals surface area contributed by atoms with Crippen LogP contribution >= 0.6 is 0 Å². The highest BCUT2D eigenvalue weighted by molar-refractivity contribution is 5.39. The first-order valence-electron chi connectivity index (χ1n) is 9.77. The van der Waals surface area contributed by atoms with Gasteiger partial charge in [-0.2, -0.15) is 13.2 Å². The minimum atomic E-state index is -4.65. The monoisotopic (exact) mass is 446 g/mol. The molecule has 4 unspecified atom stereocenters. The summed E-state index contributed by atoms with van der Waals surface area (Å²) in [6.45, 7) is 0.817. The topological polar surface area (TPSA) is 69.9 Å². The molecular formula is C22H23F5O4. The number of halogens is 5. The molecule has 4 nitrogen and oxygen atoms in total. The Morgan fingerprint density at radius 2 is 1.61 bits per heavy atom. The van der Waals surface area contributed by atoms with Crippen molar-refractivity contribution in [2.45, 2.75) is 56.3 Å². The van der Waals surface area contributed by atoms with Crippen molar-refractivity contribution in [1.29, 1.82) is 0 Å². The summed E-state index contributed by atoms with van der Waals surface area (Å²) in [4.78, 5) is 0. The average molecular weight is 446 g/mol. The second-order valence-electron chi connectivity index (χ2n) is 7.60. The van der Waals surface area contributed by atoms with Crippen LogP contribution in [0, 0.1) is 0 Å². The first kappa shape index (κ1) is 23.6. The average Bonchev–Trinajstić information content (AvgIpc) is 2.72. The van der Waals surface area contributed by atoms with E-state index in [1.807, 2.05) is 19.1 Å². The van der Waals surface area contributed by atoms with Gasteiger partial charge in [-0.1, -0.05) is 43.3 Å². The van der Waals surface area contributed by atoms with E-state index in [2.05, 4.69) is 0 Å². The second kappa shape index (κ2) is 8.82. The van der Waals surface area contributed by atoms with Crippen molar-refractivity contribution in [2.24, 2.45) is 0 Å². The second-order valence-corrected chi connectivity index (χ2v) is 7.60. The third-order valence-electron chi connectivity index (χ3n) is 5.52. The summed E-state index contributed by atoms with van der Waals surface area (Å²) in [5.41, 5.74) is 0.610. The molecule has 1 saturated heterocycles. The van der Waals surface area contributed by atoms with Gasteiger partial charge in [0.2, 0.25) is 0 Å². The zero-order valence-corrected chi connectivity index (χ0v) is 16.6. The van der Waals surface area contributed by atoms with Gasteiger partial charge in [0.15, 0.2) is 0 Å². The predicted molar refractivity (Wildman–Crippen MR) is 102 cm³/mol. The van der Waals surface area contributed by atoms with Gasteiger partial charge in [0, 0.05) is 0 Å². The fraction of sp³-hybridized carbons (Fsp3) is 0.455. The Morgan fingerprint density at radius 1 is 1.00 bits per heavy atom. The summed E-state index contributed by atoms with van der Waals surface area (Å²) >= 11 is 0. The van der Waals surface area contributed by atoms with Gasteiger partial charge in [-0.25, -0.2) is 8.78 Å². The molecule has 4 atom stereocenters. The summed E-state index contributed by atoms with van der Waals surface area (Å²) in [5, 5.41) is 29.1. The Morgan fingerprint density at radius 3 is 2.16 bits per heavy atom. The van der Waals surface area contributed by atoms with Gasteiger partial charge >= 0.3 is 12.1 Å². The quantitative estimate of drug-likeness (QED) is 0.614. The van der Waals surface area contributed by atoms with Crippen molar-refractivity contribution in [1.82, 2.24) is 0 Å². The van der Waals surface area contributed by atoms with Crippen molar-refractivity contribution >= 4 is 0 Å². The maximum absolute atomic E-state index is 14.0. The Bertz CT molecular complexity index is 894. The molecule has 1 aliphatic rings. The van der Waals surface area contributed by atoms with Crippen LogP contribution < -0.4 is 0 Å². The van der Waals surface area contributed by atoms with Crippen molar-refractivity contribution in [2.75, 3.05) is 6.61 Å². The number of aliphatic hydroxyl groups is 3. The standard InChI is InChI=1S/C22H23F5O4/c1-2-12-3-5-13(6-4-12)9-15-10-14(7-8-16(15)22(25,26)27)19-18(29)20(30)21(23,24)17(11-28)31-19/h3-8,10,17-20,28-30H,2,9,11H2,1H3. The van der Waals surface area contributed by atoms with E-state index < -0.39 is 48.7 Å². The SMILES string of the molecule is CCc1ccc(Cc2cc(C3OC(CO)C(F)(F)C(O)C3O)ccc2C(F)(F)F)cc1. The van der Waals surface area contributed by atoms with Gasteiger partial charge in [-0.15, -0.1) is 0 Å². The number of alkyl halides is 5. The highest BCUT2D eigenvalue weighted by atomic mass is 19.4. The summed E-state index contributed by atoms with van der Waals surface area (Å²) < 4.78 is 73.7. The molecule has 31 heavy (non-hydrogen) atoms. The van der Waals surface area contributed by atoms with E-state index in [0.717, 1.165) is 30.2 Å². The van der Waals surface area contributed by atoms with Crippen LogP contribution in [-0.2, 0) is 23.8 Å². The van der Waals surface area contributed by atoms with Crippen LogP contribution in [0.3, 0.4) is 0 Å². The fourth-order valence-corrected chi connectivity index (χ4v) is 3.70. The highest BCUT2D eigenvalue weighted by Gasteiger charge is 2.57. The number of rotatable bonds is 5. The van der Waals surface area contributed by atoms with E-state index in [-0.39, 0.29) is 17.5 Å². The van der Waals surface area contributed by atoms with Crippen LogP contribution in [0.2, 0.25) is 0 Å². The molecule has 0 amide bonds. The first-order chi connectivity index (χ1) is 14.5. The third-order valence-corrected chi connectivity index (χ3v) is 5.52. The summed E-state index contributed by atoms with van der Waals surface area (Å²) in [5.74, 6) is -3.92. The summed E-state index contributed by atoms with van der Waals surface area (Å²) in [6, 6.07) is 10.00. The number of benzene rings is 2. The molecule has 3 rings (SSSR count). The minimum Gasteiger partial charge on any atom is -0.393 e. The van der Waals surface area contributed by atoms with Gasteiger partial charge in [-0.3, -0.25) is 0 Å². The smallest absolute Gasteiger partial charge is 0.393 e. The van der Waals surface area contributed by atoms with Crippen LogP contribution in [0.25, 0.3) is 0 Å². The minimum absolute atomic E-state index is 0.00585. The molecule has 1 heterocycles. The first-order valence-corrected chi connectivity index (χ1v) is 9.77. The number of hydrogen-bond donors (Lipinski definition) is 3. The normalized spacial score (nSPS) is 26.1. The van der Waals surface area contributed by atoms with Crippen molar-refractivity contribution in [3.05, 3.63) is 70.3 Å². The van der Waals surface area contributed by atoms with E-state index in [9.17, 15) is 37.3 Å². The molecule has 9 heteroatoms. The lowest BCUT2D eigenvalue weighted by molar-refractivity contribution is -0.296. The highest BCUT2D eigenvalue weighted by Crippen LogP contribution is 2.42. The molecule has 3 N–H and O–H groups in total. The number of ether oxygens (including phenoxy) is 1. The van der Waals surface area contributed by atoms with Crippen LogP contribution in [0.4, 0.5) is 22.0 Å². The van der Waals surface area contributed by atoms with Crippen molar-refractivity contribution in [3.8, 4) is 0 Å². The number of hydrogen-bond acceptors (Lipinski definition) is 4. The van der Waals surface area contributed by atoms with Crippen LogP contribution in [0.1, 0.15) is 40.8 Å². The van der Waals surface area contributed by atoms with Gasteiger partial charge in [0.25, 0.3) is 0 Å². The molecule has 1 fully saturated rings. The summed E-state index contributed by atoms with van der Waals surface area (Å²) in [6.07, 6.45) is -12.2. The molecule has 0 bridgehead atoms. The third kappa shape index (κ3) is 4.74. The van der Waals surface area contributed by atoms with Crippen LogP contribution in [0.5, 0.6) is 0 Å². The van der Waals surface area contributed by atoms with Gasteiger partial charge in [-0.05, 0) is 41.2 Å². The van der Waals surface area contributed by atoms with Crippen LogP contribution in [-0.4, -0.2) is 46.2 Å². The molecule has 1 aliphatic heterocycles.